The number of ether oxygens (including phenoxy) is 2. The SMILES string of the molecule is O=C(C1[C@H]2COC[C@@H]12)N1CCOC2(CCCN(c3ncccn3)C2)C1. The zero-order chi connectivity index (χ0) is 16.9. The van der Waals surface area contributed by atoms with Crippen LogP contribution in [0.3, 0.4) is 0 Å². The largest absolute Gasteiger partial charge is 0.381 e. The first kappa shape index (κ1) is 15.5. The molecule has 1 amide bonds. The number of piperidine rings is 1. The number of hydrogen-bond acceptors (Lipinski definition) is 6. The van der Waals surface area contributed by atoms with Gasteiger partial charge >= 0.3 is 0 Å². The molecule has 0 radical (unpaired) electrons. The summed E-state index contributed by atoms with van der Waals surface area (Å²) in [6, 6.07) is 1.83. The zero-order valence-corrected chi connectivity index (χ0v) is 14.3. The van der Waals surface area contributed by atoms with Crippen molar-refractivity contribution < 1.29 is 14.3 Å². The molecule has 7 nitrogen and oxygen atoms in total. The van der Waals surface area contributed by atoms with Crippen molar-refractivity contribution in [1.82, 2.24) is 14.9 Å². The second-order valence-corrected chi connectivity index (χ2v) is 7.76. The summed E-state index contributed by atoms with van der Waals surface area (Å²) in [6.07, 6.45) is 5.56. The molecule has 4 heterocycles. The Labute approximate surface area is 147 Å². The van der Waals surface area contributed by atoms with Gasteiger partial charge in [-0.25, -0.2) is 9.97 Å². The Morgan fingerprint density at radius 2 is 1.96 bits per heavy atom. The van der Waals surface area contributed by atoms with E-state index in [-0.39, 0.29) is 11.5 Å². The van der Waals surface area contributed by atoms with E-state index >= 15 is 0 Å². The minimum absolute atomic E-state index is 0.195. The number of amides is 1. The highest BCUT2D eigenvalue weighted by Crippen LogP contribution is 2.51. The van der Waals surface area contributed by atoms with Gasteiger partial charge in [0.25, 0.3) is 0 Å². The lowest BCUT2D eigenvalue weighted by molar-refractivity contribution is -0.154. The molecule has 4 atom stereocenters. The summed E-state index contributed by atoms with van der Waals surface area (Å²) in [7, 11) is 0. The number of aromatic nitrogens is 2. The van der Waals surface area contributed by atoms with Crippen molar-refractivity contribution in [3.8, 4) is 0 Å². The summed E-state index contributed by atoms with van der Waals surface area (Å²) in [6.45, 7) is 5.22. The maximum Gasteiger partial charge on any atom is 0.226 e. The van der Waals surface area contributed by atoms with Crippen molar-refractivity contribution in [3.05, 3.63) is 18.5 Å². The van der Waals surface area contributed by atoms with Gasteiger partial charge in [-0.1, -0.05) is 0 Å². The molecule has 5 rings (SSSR count). The van der Waals surface area contributed by atoms with E-state index in [0.29, 0.717) is 37.4 Å². The fourth-order valence-corrected chi connectivity index (χ4v) is 4.82. The molecule has 7 heteroatoms. The number of hydrogen-bond donors (Lipinski definition) is 0. The predicted molar refractivity (Wildman–Crippen MR) is 90.0 cm³/mol. The first-order valence-electron chi connectivity index (χ1n) is 9.28. The van der Waals surface area contributed by atoms with Crippen LogP contribution in [0.1, 0.15) is 12.8 Å². The first-order valence-corrected chi connectivity index (χ1v) is 9.28. The second kappa shape index (κ2) is 5.92. The minimum atomic E-state index is -0.286. The highest BCUT2D eigenvalue weighted by molar-refractivity contribution is 5.82. The van der Waals surface area contributed by atoms with Crippen LogP contribution in [0.4, 0.5) is 5.95 Å². The molecular formula is C18H24N4O3. The van der Waals surface area contributed by atoms with Crippen molar-refractivity contribution >= 4 is 11.9 Å². The van der Waals surface area contributed by atoms with Crippen LogP contribution in [0.2, 0.25) is 0 Å². The van der Waals surface area contributed by atoms with E-state index in [0.717, 1.165) is 45.1 Å². The molecule has 25 heavy (non-hydrogen) atoms. The van der Waals surface area contributed by atoms with E-state index in [1.54, 1.807) is 12.4 Å². The number of fused-ring (bicyclic) bond motifs is 1. The van der Waals surface area contributed by atoms with Gasteiger partial charge in [0.2, 0.25) is 11.9 Å². The Kier molecular flexibility index (Phi) is 3.67. The fourth-order valence-electron chi connectivity index (χ4n) is 4.82. The molecule has 1 saturated carbocycles. The maximum absolute atomic E-state index is 12.9. The van der Waals surface area contributed by atoms with Gasteiger partial charge in [-0.05, 0) is 30.7 Å². The van der Waals surface area contributed by atoms with Gasteiger partial charge in [0.1, 0.15) is 5.60 Å². The molecule has 2 unspecified atom stereocenters. The first-order chi connectivity index (χ1) is 12.3. The molecule has 3 saturated heterocycles. The summed E-state index contributed by atoms with van der Waals surface area (Å²) in [4.78, 5) is 25.9. The van der Waals surface area contributed by atoms with E-state index in [1.807, 2.05) is 11.0 Å². The summed E-state index contributed by atoms with van der Waals surface area (Å²) in [5.74, 6) is 2.19. The summed E-state index contributed by atoms with van der Waals surface area (Å²) >= 11 is 0. The number of rotatable bonds is 2. The molecule has 1 aliphatic carbocycles. The molecule has 0 aromatic carbocycles. The third kappa shape index (κ3) is 2.69. The number of morpholine rings is 1. The number of carbonyl (C=O) groups is 1. The summed E-state index contributed by atoms with van der Waals surface area (Å²) < 4.78 is 11.6. The monoisotopic (exact) mass is 344 g/mol. The second-order valence-electron chi connectivity index (χ2n) is 7.76. The molecular weight excluding hydrogens is 320 g/mol. The molecule has 3 aliphatic heterocycles. The van der Waals surface area contributed by atoms with E-state index in [4.69, 9.17) is 9.47 Å². The van der Waals surface area contributed by atoms with Gasteiger partial charge in [-0.3, -0.25) is 4.79 Å². The standard InChI is InChI=1S/C18H24N4O3/c23-16(15-13-9-24-10-14(13)15)21-7-8-25-18(11-21)3-1-6-22(12-18)17-19-4-2-5-20-17/h2,4-5,13-15H,1,3,6-12H2/t13-,14+,15?,18?. The van der Waals surface area contributed by atoms with Crippen molar-refractivity contribution in [2.75, 3.05) is 50.9 Å². The molecule has 1 aromatic rings. The molecule has 0 N–H and O–H groups in total. The van der Waals surface area contributed by atoms with Gasteiger partial charge in [-0.15, -0.1) is 0 Å². The third-order valence-corrected chi connectivity index (χ3v) is 6.17. The fraction of sp³-hybridized carbons (Fsp3) is 0.722. The van der Waals surface area contributed by atoms with Gasteiger partial charge in [0.15, 0.2) is 0 Å². The Balaban J connectivity index is 1.29. The smallest absolute Gasteiger partial charge is 0.226 e. The molecule has 134 valence electrons. The lowest BCUT2D eigenvalue weighted by Crippen LogP contribution is -2.61. The zero-order valence-electron chi connectivity index (χ0n) is 14.3. The summed E-state index contributed by atoms with van der Waals surface area (Å²) in [5.41, 5.74) is -0.286. The van der Waals surface area contributed by atoms with Crippen molar-refractivity contribution in [2.24, 2.45) is 17.8 Å². The highest BCUT2D eigenvalue weighted by atomic mass is 16.5. The van der Waals surface area contributed by atoms with E-state index in [9.17, 15) is 4.79 Å². The van der Waals surface area contributed by atoms with E-state index in [1.165, 1.54) is 0 Å². The number of carbonyl (C=O) groups excluding carboxylic acids is 1. The van der Waals surface area contributed by atoms with E-state index in [2.05, 4.69) is 14.9 Å². The van der Waals surface area contributed by atoms with Crippen molar-refractivity contribution in [1.29, 1.82) is 0 Å². The van der Waals surface area contributed by atoms with Crippen LogP contribution in [0.15, 0.2) is 18.5 Å². The third-order valence-electron chi connectivity index (χ3n) is 6.17. The molecule has 4 aliphatic rings. The van der Waals surface area contributed by atoms with Gasteiger partial charge in [-0.2, -0.15) is 0 Å². The van der Waals surface area contributed by atoms with Crippen LogP contribution in [0.25, 0.3) is 0 Å². The van der Waals surface area contributed by atoms with Crippen molar-refractivity contribution in [2.45, 2.75) is 18.4 Å². The van der Waals surface area contributed by atoms with Crippen molar-refractivity contribution in [3.63, 3.8) is 0 Å². The van der Waals surface area contributed by atoms with Crippen LogP contribution in [-0.2, 0) is 14.3 Å². The Bertz CT molecular complexity index is 643. The lowest BCUT2D eigenvalue weighted by Gasteiger charge is -2.48. The summed E-state index contributed by atoms with van der Waals surface area (Å²) in [5, 5.41) is 0. The van der Waals surface area contributed by atoms with Crippen LogP contribution in [0.5, 0.6) is 0 Å². The predicted octanol–water partition coefficient (Wildman–Crippen LogP) is 0.567. The molecule has 1 spiro atoms. The molecule has 4 fully saturated rings. The average molecular weight is 344 g/mol. The van der Waals surface area contributed by atoms with Gasteiger partial charge in [0.05, 0.1) is 32.9 Å². The quantitative estimate of drug-likeness (QED) is 0.781. The van der Waals surface area contributed by atoms with Crippen LogP contribution < -0.4 is 4.90 Å². The molecule has 1 aromatic heterocycles. The Morgan fingerprint density at radius 3 is 2.76 bits per heavy atom. The highest BCUT2D eigenvalue weighted by Gasteiger charge is 2.59. The Hall–Kier alpha value is -1.73. The normalized spacial score (nSPS) is 37.2. The van der Waals surface area contributed by atoms with Crippen LogP contribution in [-0.4, -0.2) is 72.4 Å². The average Bonchev–Trinajstić information content (AvgIpc) is 3.13. The van der Waals surface area contributed by atoms with Gasteiger partial charge < -0.3 is 19.3 Å². The number of anilines is 1. The minimum Gasteiger partial charge on any atom is -0.381 e. The Morgan fingerprint density at radius 1 is 1.16 bits per heavy atom. The topological polar surface area (TPSA) is 67.8 Å². The maximum atomic E-state index is 12.9. The van der Waals surface area contributed by atoms with Gasteiger partial charge in [0, 0.05) is 31.4 Å². The van der Waals surface area contributed by atoms with Crippen LogP contribution in [0, 0.1) is 17.8 Å². The molecule has 0 bridgehead atoms. The van der Waals surface area contributed by atoms with E-state index < -0.39 is 0 Å². The lowest BCUT2D eigenvalue weighted by atomic mass is 9.90. The van der Waals surface area contributed by atoms with Crippen LogP contribution >= 0.6 is 0 Å². The number of nitrogens with zero attached hydrogens (tertiary/aromatic N) is 4.